The molecule has 0 bridgehead atoms. The molecule has 1 aromatic rings. The molecule has 1 rings (SSSR count). The molecule has 0 saturated heterocycles. The zero-order chi connectivity index (χ0) is 9.14. The Hall–Kier alpha value is -1.55. The predicted octanol–water partition coefficient (Wildman–Crippen LogP) is 1.50. The van der Waals surface area contributed by atoms with Crippen LogP contribution in [0.1, 0.15) is 20.7 Å². The molecule has 0 aliphatic carbocycles. The minimum atomic E-state index is -1.23. The zero-order valence-electron chi connectivity index (χ0n) is 6.43. The Morgan fingerprint density at radius 1 is 0.923 bits per heavy atom. The third kappa shape index (κ3) is 2.45. The normalized spacial score (nSPS) is 8.62. The Morgan fingerprint density at radius 3 is 1.46 bits per heavy atom. The minimum Gasteiger partial charge on any atom is -0.478 e. The van der Waals surface area contributed by atoms with Crippen LogP contribution in [0.5, 0.6) is 0 Å². The molecular formula is C8H7ClO4. The molecule has 5 heteroatoms. The smallest absolute Gasteiger partial charge is 0.336 e. The van der Waals surface area contributed by atoms with Gasteiger partial charge in [-0.05, 0) is 12.1 Å². The maximum absolute atomic E-state index is 10.5. The number of carboxylic acid groups (broad SMARTS) is 2. The van der Waals surface area contributed by atoms with Gasteiger partial charge in [0.25, 0.3) is 0 Å². The van der Waals surface area contributed by atoms with Crippen LogP contribution in [-0.4, -0.2) is 22.2 Å². The fourth-order valence-corrected chi connectivity index (χ4v) is 0.856. The van der Waals surface area contributed by atoms with Crippen molar-refractivity contribution in [2.45, 2.75) is 0 Å². The van der Waals surface area contributed by atoms with E-state index in [0.29, 0.717) is 0 Å². The lowest BCUT2D eigenvalue weighted by molar-refractivity contribution is 0.0651. The summed E-state index contributed by atoms with van der Waals surface area (Å²) < 4.78 is 0. The molecule has 0 radical (unpaired) electrons. The van der Waals surface area contributed by atoms with E-state index in [0.717, 1.165) is 0 Å². The van der Waals surface area contributed by atoms with Gasteiger partial charge in [-0.2, -0.15) is 0 Å². The van der Waals surface area contributed by atoms with Gasteiger partial charge in [0.05, 0.1) is 11.1 Å². The number of aromatic carboxylic acids is 2. The fraction of sp³-hybridized carbons (Fsp3) is 0. The van der Waals surface area contributed by atoms with E-state index in [4.69, 9.17) is 10.2 Å². The van der Waals surface area contributed by atoms with Gasteiger partial charge in [-0.1, -0.05) is 12.1 Å². The number of halogens is 1. The molecule has 0 amide bonds. The van der Waals surface area contributed by atoms with E-state index in [1.165, 1.54) is 24.3 Å². The Kier molecular flexibility index (Phi) is 3.94. The van der Waals surface area contributed by atoms with Crippen molar-refractivity contribution >= 4 is 24.3 Å². The van der Waals surface area contributed by atoms with Crippen LogP contribution >= 0.6 is 12.4 Å². The van der Waals surface area contributed by atoms with Gasteiger partial charge in [0, 0.05) is 0 Å². The summed E-state index contributed by atoms with van der Waals surface area (Å²) in [6.45, 7) is 0. The van der Waals surface area contributed by atoms with Crippen LogP contribution in [-0.2, 0) is 0 Å². The quantitative estimate of drug-likeness (QED) is 0.762. The van der Waals surface area contributed by atoms with E-state index >= 15 is 0 Å². The lowest BCUT2D eigenvalue weighted by Crippen LogP contribution is -2.06. The van der Waals surface area contributed by atoms with Gasteiger partial charge < -0.3 is 10.2 Å². The van der Waals surface area contributed by atoms with Gasteiger partial charge in [0.15, 0.2) is 0 Å². The number of hydrogen-bond acceptors (Lipinski definition) is 2. The van der Waals surface area contributed by atoms with E-state index in [1.807, 2.05) is 0 Å². The third-order valence-corrected chi connectivity index (χ3v) is 1.39. The van der Waals surface area contributed by atoms with Crippen LogP contribution in [0.25, 0.3) is 0 Å². The first-order valence-corrected chi connectivity index (χ1v) is 3.18. The van der Waals surface area contributed by atoms with E-state index in [2.05, 4.69) is 0 Å². The molecule has 0 aromatic heterocycles. The predicted molar refractivity (Wildman–Crippen MR) is 47.6 cm³/mol. The summed E-state index contributed by atoms with van der Waals surface area (Å²) in [4.78, 5) is 20.9. The second-order valence-corrected chi connectivity index (χ2v) is 2.16. The van der Waals surface area contributed by atoms with Crippen LogP contribution in [0.3, 0.4) is 0 Å². The van der Waals surface area contributed by atoms with Crippen molar-refractivity contribution < 1.29 is 19.8 Å². The highest BCUT2D eigenvalue weighted by Gasteiger charge is 2.13. The van der Waals surface area contributed by atoms with E-state index < -0.39 is 11.9 Å². The van der Waals surface area contributed by atoms with Crippen molar-refractivity contribution in [3.8, 4) is 0 Å². The summed E-state index contributed by atoms with van der Waals surface area (Å²) in [6, 6.07) is 5.48. The molecule has 0 fully saturated rings. The zero-order valence-corrected chi connectivity index (χ0v) is 7.25. The van der Waals surface area contributed by atoms with Crippen LogP contribution in [0, 0.1) is 0 Å². The SMILES string of the molecule is Cl.O=C(O)c1ccccc1C(=O)O. The van der Waals surface area contributed by atoms with Crippen LogP contribution < -0.4 is 0 Å². The van der Waals surface area contributed by atoms with E-state index in [9.17, 15) is 9.59 Å². The maximum Gasteiger partial charge on any atom is 0.336 e. The number of benzene rings is 1. The molecular weight excluding hydrogens is 196 g/mol. The summed E-state index contributed by atoms with van der Waals surface area (Å²) in [7, 11) is 0. The van der Waals surface area contributed by atoms with Crippen molar-refractivity contribution in [2.24, 2.45) is 0 Å². The molecule has 0 saturated carbocycles. The number of carbonyl (C=O) groups is 2. The molecule has 2 N–H and O–H groups in total. The maximum atomic E-state index is 10.5. The Bertz CT molecular complexity index is 302. The third-order valence-electron chi connectivity index (χ3n) is 1.39. The van der Waals surface area contributed by atoms with E-state index in [-0.39, 0.29) is 23.5 Å². The highest BCUT2D eigenvalue weighted by molar-refractivity contribution is 6.01. The van der Waals surface area contributed by atoms with Crippen LogP contribution in [0.2, 0.25) is 0 Å². The second kappa shape index (κ2) is 4.47. The average molecular weight is 203 g/mol. The van der Waals surface area contributed by atoms with Crippen molar-refractivity contribution in [1.29, 1.82) is 0 Å². The summed E-state index contributed by atoms with van der Waals surface area (Å²) in [5.41, 5.74) is -0.380. The molecule has 13 heavy (non-hydrogen) atoms. The summed E-state index contributed by atoms with van der Waals surface area (Å²) in [6.07, 6.45) is 0. The van der Waals surface area contributed by atoms with Gasteiger partial charge in [-0.3, -0.25) is 0 Å². The number of hydrogen-bond donors (Lipinski definition) is 2. The molecule has 0 atom stereocenters. The van der Waals surface area contributed by atoms with Crippen molar-refractivity contribution in [1.82, 2.24) is 0 Å². The molecule has 1 aromatic carbocycles. The first-order chi connectivity index (χ1) is 5.63. The van der Waals surface area contributed by atoms with E-state index in [1.54, 1.807) is 0 Å². The fourth-order valence-electron chi connectivity index (χ4n) is 0.856. The summed E-state index contributed by atoms with van der Waals surface area (Å²) in [5, 5.41) is 17.1. The first kappa shape index (κ1) is 11.4. The molecule has 0 heterocycles. The Balaban J connectivity index is 0.00000144. The summed E-state index contributed by atoms with van der Waals surface area (Å²) >= 11 is 0. The minimum absolute atomic E-state index is 0. The van der Waals surface area contributed by atoms with Gasteiger partial charge in [-0.25, -0.2) is 9.59 Å². The number of carboxylic acids is 2. The molecule has 70 valence electrons. The average Bonchev–Trinajstić information content (AvgIpc) is 2.04. The molecule has 0 unspecified atom stereocenters. The molecule has 0 aliphatic rings. The highest BCUT2D eigenvalue weighted by atomic mass is 35.5. The second-order valence-electron chi connectivity index (χ2n) is 2.16. The van der Waals surface area contributed by atoms with Gasteiger partial charge >= 0.3 is 11.9 Å². The Morgan fingerprint density at radius 2 is 1.23 bits per heavy atom. The lowest BCUT2D eigenvalue weighted by Gasteiger charge is -1.98. The topological polar surface area (TPSA) is 74.6 Å². The molecule has 0 spiro atoms. The van der Waals surface area contributed by atoms with Crippen LogP contribution in [0.15, 0.2) is 24.3 Å². The lowest BCUT2D eigenvalue weighted by atomic mass is 10.1. The van der Waals surface area contributed by atoms with Crippen LogP contribution in [0.4, 0.5) is 0 Å². The van der Waals surface area contributed by atoms with Gasteiger partial charge in [0.1, 0.15) is 0 Å². The van der Waals surface area contributed by atoms with Crippen molar-refractivity contribution in [3.63, 3.8) is 0 Å². The standard InChI is InChI=1S/C8H6O4.ClH/c9-7(10)5-3-1-2-4-6(5)8(11)12;/h1-4H,(H,9,10)(H,11,12);1H. The number of rotatable bonds is 2. The van der Waals surface area contributed by atoms with Gasteiger partial charge in [0.2, 0.25) is 0 Å². The highest BCUT2D eigenvalue weighted by Crippen LogP contribution is 2.07. The van der Waals surface area contributed by atoms with Crippen molar-refractivity contribution in [3.05, 3.63) is 35.4 Å². The summed E-state index contributed by atoms with van der Waals surface area (Å²) in [5.74, 6) is -2.46. The Labute approximate surface area is 80.2 Å². The monoisotopic (exact) mass is 202 g/mol. The van der Waals surface area contributed by atoms with Gasteiger partial charge in [-0.15, -0.1) is 12.4 Å². The largest absolute Gasteiger partial charge is 0.478 e. The molecule has 0 aliphatic heterocycles. The van der Waals surface area contributed by atoms with Crippen molar-refractivity contribution in [2.75, 3.05) is 0 Å². The first-order valence-electron chi connectivity index (χ1n) is 3.18. The molecule has 4 nitrogen and oxygen atoms in total.